The Hall–Kier alpha value is -1.47. The van der Waals surface area contributed by atoms with Crippen molar-refractivity contribution in [2.24, 2.45) is 0 Å². The van der Waals surface area contributed by atoms with E-state index in [2.05, 4.69) is 15.6 Å². The smallest absolute Gasteiger partial charge is 0.240 e. The molecule has 0 bridgehead atoms. The summed E-state index contributed by atoms with van der Waals surface area (Å²) in [4.78, 5) is 15.9. The molecule has 22 heavy (non-hydrogen) atoms. The van der Waals surface area contributed by atoms with E-state index >= 15 is 0 Å². The molecule has 1 aliphatic heterocycles. The van der Waals surface area contributed by atoms with E-state index in [1.54, 1.807) is 6.20 Å². The first-order chi connectivity index (χ1) is 10.7. The lowest BCUT2D eigenvalue weighted by Crippen LogP contribution is -2.37. The van der Waals surface area contributed by atoms with Gasteiger partial charge in [0.1, 0.15) is 0 Å². The van der Waals surface area contributed by atoms with E-state index in [0.29, 0.717) is 16.8 Å². The summed E-state index contributed by atoms with van der Waals surface area (Å²) in [7, 11) is 0. The van der Waals surface area contributed by atoms with Crippen LogP contribution in [-0.4, -0.2) is 30.1 Å². The molecule has 0 unspecified atom stereocenters. The molecule has 0 radical (unpaired) electrons. The first-order valence-corrected chi connectivity index (χ1v) is 8.28. The predicted octanol–water partition coefficient (Wildman–Crippen LogP) is 2.85. The number of nitrogens with zero attached hydrogens (tertiary/aromatic N) is 1. The fraction of sp³-hybridized carbons (Fsp3) is 0.333. The molecule has 2 aromatic rings. The molecule has 1 aliphatic rings. The number of benzene rings is 1. The number of rotatable bonds is 5. The van der Waals surface area contributed by atoms with Gasteiger partial charge in [-0.2, -0.15) is 0 Å². The van der Waals surface area contributed by atoms with Gasteiger partial charge in [-0.1, -0.05) is 23.7 Å². The number of hydrogen-bond acceptors (Lipinski definition) is 5. The van der Waals surface area contributed by atoms with Crippen LogP contribution >= 0.6 is 22.9 Å². The van der Waals surface area contributed by atoms with E-state index < -0.39 is 0 Å². The lowest BCUT2D eigenvalue weighted by atomic mass is 10.0. The minimum absolute atomic E-state index is 0.0510. The van der Waals surface area contributed by atoms with Crippen molar-refractivity contribution in [3.05, 3.63) is 46.4 Å². The zero-order valence-electron chi connectivity index (χ0n) is 11.8. The van der Waals surface area contributed by atoms with Gasteiger partial charge in [0, 0.05) is 29.2 Å². The van der Waals surface area contributed by atoms with Gasteiger partial charge in [0.15, 0.2) is 5.13 Å². The number of hydrogen-bond donors (Lipinski definition) is 2. The Labute approximate surface area is 137 Å². The summed E-state index contributed by atoms with van der Waals surface area (Å²) in [5.41, 5.74) is 1.07. The van der Waals surface area contributed by atoms with E-state index in [-0.39, 0.29) is 24.6 Å². The maximum Gasteiger partial charge on any atom is 0.240 e. The van der Waals surface area contributed by atoms with E-state index in [1.165, 1.54) is 11.3 Å². The molecule has 0 spiro atoms. The Morgan fingerprint density at radius 2 is 2.23 bits per heavy atom. The average molecular weight is 338 g/mol. The van der Waals surface area contributed by atoms with Gasteiger partial charge >= 0.3 is 0 Å². The molecule has 1 aromatic heterocycles. The third kappa shape index (κ3) is 3.84. The van der Waals surface area contributed by atoms with Crippen molar-refractivity contribution < 1.29 is 9.53 Å². The molecule has 3 rings (SSSR count). The Morgan fingerprint density at radius 3 is 2.95 bits per heavy atom. The summed E-state index contributed by atoms with van der Waals surface area (Å²) in [6, 6.07) is 7.74. The van der Waals surface area contributed by atoms with Crippen molar-refractivity contribution in [3.63, 3.8) is 0 Å². The molecule has 2 heterocycles. The summed E-state index contributed by atoms with van der Waals surface area (Å²) in [6.45, 7) is 0.913. The molecule has 116 valence electrons. The summed E-state index contributed by atoms with van der Waals surface area (Å²) < 4.78 is 5.78. The maximum atomic E-state index is 11.9. The van der Waals surface area contributed by atoms with Gasteiger partial charge in [-0.15, -0.1) is 11.3 Å². The third-order valence-corrected chi connectivity index (χ3v) is 4.43. The molecule has 1 fully saturated rings. The van der Waals surface area contributed by atoms with Crippen LogP contribution < -0.4 is 10.6 Å². The topological polar surface area (TPSA) is 63.2 Å². The SMILES string of the molecule is O=C(CN[C@@H]1CCO[C@@H]1c1ccc(Cl)cc1)Nc1nccs1. The fourth-order valence-corrected chi connectivity index (χ4v) is 3.12. The Kier molecular flexibility index (Phi) is 5.04. The molecule has 2 atom stereocenters. The number of aromatic nitrogens is 1. The van der Waals surface area contributed by atoms with Gasteiger partial charge in [0.05, 0.1) is 12.6 Å². The van der Waals surface area contributed by atoms with Crippen LogP contribution in [0.15, 0.2) is 35.8 Å². The molecule has 7 heteroatoms. The highest BCUT2D eigenvalue weighted by Gasteiger charge is 2.29. The van der Waals surface area contributed by atoms with Gasteiger partial charge < -0.3 is 15.4 Å². The minimum Gasteiger partial charge on any atom is -0.372 e. The molecule has 1 saturated heterocycles. The second kappa shape index (κ2) is 7.19. The largest absolute Gasteiger partial charge is 0.372 e. The number of carbonyl (C=O) groups is 1. The molecule has 5 nitrogen and oxygen atoms in total. The van der Waals surface area contributed by atoms with Crippen LogP contribution in [0, 0.1) is 0 Å². The highest BCUT2D eigenvalue weighted by molar-refractivity contribution is 7.13. The van der Waals surface area contributed by atoms with E-state index in [9.17, 15) is 4.79 Å². The number of amides is 1. The molecule has 1 aromatic carbocycles. The number of anilines is 1. The second-order valence-corrected chi connectivity index (χ2v) is 6.34. The summed E-state index contributed by atoms with van der Waals surface area (Å²) in [6.07, 6.45) is 2.48. The molecule has 2 N–H and O–H groups in total. The lowest BCUT2D eigenvalue weighted by molar-refractivity contribution is -0.115. The fourth-order valence-electron chi connectivity index (χ4n) is 2.45. The van der Waals surface area contributed by atoms with Crippen molar-refractivity contribution in [2.45, 2.75) is 18.6 Å². The normalized spacial score (nSPS) is 21.0. The highest BCUT2D eigenvalue weighted by Crippen LogP contribution is 2.29. The minimum atomic E-state index is -0.100. The van der Waals surface area contributed by atoms with Crippen LogP contribution in [0.2, 0.25) is 5.02 Å². The number of thiazole rings is 1. The zero-order chi connectivity index (χ0) is 15.4. The second-order valence-electron chi connectivity index (χ2n) is 5.00. The van der Waals surface area contributed by atoms with Crippen molar-refractivity contribution >= 4 is 34.0 Å². The van der Waals surface area contributed by atoms with Crippen molar-refractivity contribution in [2.75, 3.05) is 18.5 Å². The number of carbonyl (C=O) groups excluding carboxylic acids is 1. The van der Waals surface area contributed by atoms with Gasteiger partial charge in [-0.25, -0.2) is 4.98 Å². The Bertz CT molecular complexity index is 618. The standard InChI is InChI=1S/C15H16ClN3O2S/c16-11-3-1-10(2-4-11)14-12(5-7-21-14)18-9-13(20)19-15-17-6-8-22-15/h1-4,6,8,12,14,18H,5,7,9H2,(H,17,19,20)/t12-,14-/m1/s1. The highest BCUT2D eigenvalue weighted by atomic mass is 35.5. The van der Waals surface area contributed by atoms with Crippen LogP contribution in [0.4, 0.5) is 5.13 Å². The average Bonchev–Trinajstić information content (AvgIpc) is 3.17. The third-order valence-electron chi connectivity index (χ3n) is 3.49. The summed E-state index contributed by atoms with van der Waals surface area (Å²) in [5.74, 6) is -0.100. The van der Waals surface area contributed by atoms with Crippen LogP contribution in [0.3, 0.4) is 0 Å². The van der Waals surface area contributed by atoms with Crippen LogP contribution in [0.25, 0.3) is 0 Å². The van der Waals surface area contributed by atoms with Crippen molar-refractivity contribution in [1.29, 1.82) is 0 Å². The van der Waals surface area contributed by atoms with E-state index in [4.69, 9.17) is 16.3 Å². The number of halogens is 1. The zero-order valence-corrected chi connectivity index (χ0v) is 13.4. The van der Waals surface area contributed by atoms with E-state index in [0.717, 1.165) is 12.0 Å². The molecule has 1 amide bonds. The monoisotopic (exact) mass is 337 g/mol. The summed E-state index contributed by atoms with van der Waals surface area (Å²) >= 11 is 7.31. The van der Waals surface area contributed by atoms with Gasteiger partial charge in [-0.05, 0) is 24.1 Å². The number of nitrogens with one attached hydrogen (secondary N) is 2. The molecular formula is C15H16ClN3O2S. The molecule has 0 saturated carbocycles. The van der Waals surface area contributed by atoms with Crippen molar-refractivity contribution in [1.82, 2.24) is 10.3 Å². The quantitative estimate of drug-likeness (QED) is 0.880. The molecule has 0 aliphatic carbocycles. The van der Waals surface area contributed by atoms with Crippen LogP contribution in [0.1, 0.15) is 18.1 Å². The number of ether oxygens (including phenoxy) is 1. The first-order valence-electron chi connectivity index (χ1n) is 7.02. The molecular weight excluding hydrogens is 322 g/mol. The van der Waals surface area contributed by atoms with Crippen molar-refractivity contribution in [3.8, 4) is 0 Å². The van der Waals surface area contributed by atoms with Gasteiger partial charge in [0.25, 0.3) is 0 Å². The van der Waals surface area contributed by atoms with Gasteiger partial charge in [-0.3, -0.25) is 4.79 Å². The van der Waals surface area contributed by atoms with Crippen LogP contribution in [0.5, 0.6) is 0 Å². The maximum absolute atomic E-state index is 11.9. The lowest BCUT2D eigenvalue weighted by Gasteiger charge is -2.20. The summed E-state index contributed by atoms with van der Waals surface area (Å²) in [5, 5.41) is 9.16. The Morgan fingerprint density at radius 1 is 1.41 bits per heavy atom. The first kappa shape index (κ1) is 15.4. The van der Waals surface area contributed by atoms with Gasteiger partial charge in [0.2, 0.25) is 5.91 Å². The van der Waals surface area contributed by atoms with Crippen LogP contribution in [-0.2, 0) is 9.53 Å². The predicted molar refractivity (Wildman–Crippen MR) is 87.3 cm³/mol. The van der Waals surface area contributed by atoms with E-state index in [1.807, 2.05) is 29.6 Å². The Balaban J connectivity index is 1.55.